The van der Waals surface area contributed by atoms with E-state index in [9.17, 15) is 19.5 Å². The number of carbonyl (C=O) groups excluding carboxylic acids is 3. The van der Waals surface area contributed by atoms with Gasteiger partial charge < -0.3 is 34.8 Å². The molecule has 0 spiro atoms. The molecule has 66 heavy (non-hydrogen) atoms. The fraction of sp³-hybridized carbons (Fsp3) is 0.545. The Kier molecular flexibility index (Phi) is 18.7. The molecule has 352 valence electrons. The Bertz CT molecular complexity index is 2570. The maximum absolute atomic E-state index is 14.4. The second-order valence-corrected chi connectivity index (χ2v) is 19.5. The molecule has 11 heteroatoms. The van der Waals surface area contributed by atoms with E-state index in [1.165, 1.54) is 57.6 Å². The molecule has 8 bridgehead atoms. The predicted octanol–water partition coefficient (Wildman–Crippen LogP) is 8.16. The standard InChI is InChI=1S/C55H72N4O6.Mg/c1-12-38-35(8)42-27-43-36(9)40(23-24-48(61)65-26-25-34(7)22-16-21-33(6)20-15-19-32(5)18-14-17-31(3)4)52(58-43)50-51(55(63)64-11)54(62)49-37(10)44(59-53(49)50)28-46-39(13-2)41(30-60)47(57-46)29-45(38)56-42;/h12,25,27-33,36,40,51-52H,1,13-24,26H2,2-11H3,(H,60,62);/q-4;+2/b34-25-,43-27-,47-29-;/t32-,33+,36+,40+,51-,52?;/m1./s1. The number of aliphatic hydroxyl groups is 1. The molecule has 0 amide bonds. The van der Waals surface area contributed by atoms with E-state index in [1.54, 1.807) is 6.08 Å². The smallest absolute Gasteiger partial charge is 0.681 e. The Balaban J connectivity index is 0.00000817. The molecule has 5 heterocycles. The zero-order valence-electron chi connectivity index (χ0n) is 41.4. The largest absolute Gasteiger partial charge is 2.00 e. The maximum Gasteiger partial charge on any atom is 2.00 e. The van der Waals surface area contributed by atoms with E-state index in [4.69, 9.17) is 29.7 Å². The first kappa shape index (κ1) is 52.5. The molecule has 1 unspecified atom stereocenters. The molecule has 0 saturated carbocycles. The first-order chi connectivity index (χ1) is 31.1. The number of allylic oxidation sites excluding steroid dienone is 2. The van der Waals surface area contributed by atoms with Crippen LogP contribution in [0.15, 0.2) is 23.9 Å². The third kappa shape index (κ3) is 11.6. The minimum Gasteiger partial charge on any atom is -0.681 e. The molecule has 0 radical (unpaired) electrons. The molecule has 3 aliphatic rings. The van der Waals surface area contributed by atoms with Crippen molar-refractivity contribution in [2.45, 2.75) is 145 Å². The zero-order valence-corrected chi connectivity index (χ0v) is 42.8. The summed E-state index contributed by atoms with van der Waals surface area (Å²) in [5.74, 6) is -0.717. The zero-order chi connectivity index (χ0) is 47.1. The van der Waals surface area contributed by atoms with E-state index in [0.717, 1.165) is 53.3 Å². The second-order valence-electron chi connectivity index (χ2n) is 19.5. The van der Waals surface area contributed by atoms with Gasteiger partial charge in [0.1, 0.15) is 12.5 Å². The van der Waals surface area contributed by atoms with Crippen LogP contribution < -0.4 is 36.2 Å². The van der Waals surface area contributed by atoms with E-state index in [0.29, 0.717) is 73.8 Å². The summed E-state index contributed by atoms with van der Waals surface area (Å²) in [6.45, 7) is 23.7. The van der Waals surface area contributed by atoms with Crippen LogP contribution in [0.2, 0.25) is 0 Å². The molecule has 6 atom stereocenters. The number of ketones is 1. The quantitative estimate of drug-likeness (QED) is 0.0514. The topological polar surface area (TPSA) is 146 Å². The summed E-state index contributed by atoms with van der Waals surface area (Å²) >= 11 is 0. The van der Waals surface area contributed by atoms with Crippen molar-refractivity contribution in [2.24, 2.45) is 35.5 Å². The Morgan fingerprint density at radius 1 is 0.879 bits per heavy atom. The van der Waals surface area contributed by atoms with Gasteiger partial charge in [0, 0.05) is 12.0 Å². The summed E-state index contributed by atoms with van der Waals surface area (Å²) in [5, 5.41) is 17.9. The monoisotopic (exact) mass is 909 g/mol. The van der Waals surface area contributed by atoms with Gasteiger partial charge in [-0.3, -0.25) is 14.4 Å². The number of esters is 2. The SMILES string of the molecule is C=Cc1c2[n-]c(c1C)/C=C1\[N-]C(C3=c4[n-]/c(c(C)c4C(=O)[C@@H]3C(=O)OC)=C\c3[n-]c(/c(=C\O)c3CC)=C\2)[C@@H](CCC(=O)OC/C=C(/C)CCC[C@@H](C)CCC[C@H](C)CCCC(C)C)[C@@H]1C.[Mg+2]. The maximum atomic E-state index is 14.4. The summed E-state index contributed by atoms with van der Waals surface area (Å²) in [7, 11) is 1.28. The Hall–Kier alpha value is -4.48. The molecule has 10 nitrogen and oxygen atoms in total. The van der Waals surface area contributed by atoms with Crippen molar-refractivity contribution in [3.8, 4) is 0 Å². The number of fused-ring (bicyclic) bond motifs is 8. The first-order valence-corrected chi connectivity index (χ1v) is 24.2. The third-order valence-electron chi connectivity index (χ3n) is 14.4. The van der Waals surface area contributed by atoms with Crippen LogP contribution in [0.1, 0.15) is 169 Å². The van der Waals surface area contributed by atoms with Crippen molar-refractivity contribution in [2.75, 3.05) is 13.7 Å². The van der Waals surface area contributed by atoms with Gasteiger partial charge in [-0.1, -0.05) is 151 Å². The van der Waals surface area contributed by atoms with Crippen LogP contribution in [-0.2, 0) is 25.5 Å². The van der Waals surface area contributed by atoms with Gasteiger partial charge in [0.2, 0.25) is 0 Å². The number of rotatable bonds is 20. The molecule has 6 rings (SSSR count). The van der Waals surface area contributed by atoms with Gasteiger partial charge in [0.15, 0.2) is 5.78 Å². The van der Waals surface area contributed by atoms with Crippen molar-refractivity contribution in [3.63, 3.8) is 0 Å². The van der Waals surface area contributed by atoms with E-state index in [2.05, 4.69) is 48.1 Å². The molecule has 3 aromatic heterocycles. The van der Waals surface area contributed by atoms with Crippen molar-refractivity contribution in [1.29, 1.82) is 0 Å². The number of ether oxygens (including phenoxy) is 2. The van der Waals surface area contributed by atoms with Crippen LogP contribution in [0.3, 0.4) is 0 Å². The average Bonchev–Trinajstić information content (AvgIpc) is 4.02. The molecule has 1 aliphatic carbocycles. The number of Topliss-reactive ketones (excluding diaryl/α,β-unsaturated/α-hetero) is 1. The molecule has 3 aromatic rings. The second kappa shape index (κ2) is 23.5. The molecule has 2 aliphatic heterocycles. The van der Waals surface area contributed by atoms with Crippen LogP contribution in [0.4, 0.5) is 0 Å². The Morgan fingerprint density at radius 3 is 2.18 bits per heavy atom. The van der Waals surface area contributed by atoms with Crippen LogP contribution in [0.5, 0.6) is 0 Å². The third-order valence-corrected chi connectivity index (χ3v) is 14.4. The first-order valence-electron chi connectivity index (χ1n) is 24.2. The Labute approximate surface area is 408 Å². The van der Waals surface area contributed by atoms with Crippen LogP contribution in [-0.4, -0.2) is 65.6 Å². The van der Waals surface area contributed by atoms with Gasteiger partial charge >= 0.3 is 35.0 Å². The predicted molar refractivity (Wildman–Crippen MR) is 266 cm³/mol. The van der Waals surface area contributed by atoms with E-state index in [-0.39, 0.29) is 59.7 Å². The minimum atomic E-state index is -1.22. The number of methoxy groups -OCH3 is 1. The summed E-state index contributed by atoms with van der Waals surface area (Å²) < 4.78 is 11.0. The van der Waals surface area contributed by atoms with Gasteiger partial charge in [-0.15, -0.1) is 33.1 Å². The van der Waals surface area contributed by atoms with Crippen molar-refractivity contribution < 1.29 is 29.0 Å². The van der Waals surface area contributed by atoms with Crippen LogP contribution in [0, 0.1) is 49.4 Å². The van der Waals surface area contributed by atoms with Gasteiger partial charge in [-0.05, 0) is 92.9 Å². The summed E-state index contributed by atoms with van der Waals surface area (Å²) in [6, 6.07) is -0.651. The minimum absolute atomic E-state index is 0. The number of hydrogen-bond donors (Lipinski definition) is 1. The van der Waals surface area contributed by atoms with E-state index >= 15 is 0 Å². The van der Waals surface area contributed by atoms with Gasteiger partial charge in [-0.2, -0.15) is 5.70 Å². The molecule has 1 N–H and O–H groups in total. The van der Waals surface area contributed by atoms with Crippen LogP contribution in [0.25, 0.3) is 41.5 Å². The van der Waals surface area contributed by atoms with Gasteiger partial charge in [0.05, 0.1) is 13.4 Å². The molecule has 1 fully saturated rings. The van der Waals surface area contributed by atoms with Gasteiger partial charge in [-0.25, -0.2) is 0 Å². The number of nitrogens with zero attached hydrogens (tertiary/aromatic N) is 4. The number of hydrogen-bond acceptors (Lipinski definition) is 6. The number of carbonyl (C=O) groups is 3. The average molecular weight is 910 g/mol. The summed E-state index contributed by atoms with van der Waals surface area (Å²) in [4.78, 5) is 56.5. The normalized spacial score (nSPS) is 21.8. The van der Waals surface area contributed by atoms with Crippen LogP contribution >= 0.6 is 0 Å². The van der Waals surface area contributed by atoms with Crippen molar-refractivity contribution in [1.82, 2.24) is 15.0 Å². The summed E-state index contributed by atoms with van der Waals surface area (Å²) in [6.07, 6.45) is 22.9. The molecule has 1 saturated heterocycles. The molecular weight excluding hydrogens is 837 g/mol. The number of aromatic nitrogens is 3. The van der Waals surface area contributed by atoms with Gasteiger partial charge in [0.25, 0.3) is 0 Å². The summed E-state index contributed by atoms with van der Waals surface area (Å²) in [5.41, 5.74) is 7.98. The van der Waals surface area contributed by atoms with Crippen molar-refractivity contribution >= 4 is 76.9 Å². The van der Waals surface area contributed by atoms with E-state index in [1.807, 2.05) is 45.1 Å². The fourth-order valence-electron chi connectivity index (χ4n) is 10.3. The van der Waals surface area contributed by atoms with Crippen molar-refractivity contribution in [3.05, 3.63) is 95.4 Å². The fourth-order valence-corrected chi connectivity index (χ4v) is 10.3. The number of aliphatic hydroxyl groups excluding tert-OH is 1. The molecular formula is C55H72MgN4O6-2. The van der Waals surface area contributed by atoms with E-state index < -0.39 is 17.9 Å². The molecule has 0 aromatic carbocycles. The Morgan fingerprint density at radius 2 is 1.55 bits per heavy atom.